The zero-order valence-corrected chi connectivity index (χ0v) is 12.2. The van der Waals surface area contributed by atoms with Crippen LogP contribution in [0, 0.1) is 6.92 Å². The van der Waals surface area contributed by atoms with Gasteiger partial charge in [0.2, 0.25) is 5.91 Å². The number of carbonyl (C=O) groups excluding carboxylic acids is 1. The number of aryl methyl sites for hydroxylation is 2. The molecule has 6 nitrogen and oxygen atoms in total. The van der Waals surface area contributed by atoms with E-state index in [0.717, 1.165) is 16.8 Å². The molecule has 0 aliphatic rings. The van der Waals surface area contributed by atoms with Crippen LogP contribution in [-0.4, -0.2) is 37.4 Å². The van der Waals surface area contributed by atoms with Crippen LogP contribution in [0.2, 0.25) is 0 Å². The van der Waals surface area contributed by atoms with Crippen LogP contribution in [0.4, 0.5) is 0 Å². The van der Waals surface area contributed by atoms with Crippen molar-refractivity contribution < 1.29 is 4.79 Å². The van der Waals surface area contributed by atoms with Crippen molar-refractivity contribution in [3.63, 3.8) is 0 Å². The molecule has 6 heteroatoms. The van der Waals surface area contributed by atoms with E-state index in [1.54, 1.807) is 45.9 Å². The number of carbonyl (C=O) groups is 1. The third kappa shape index (κ3) is 3.14. The van der Waals surface area contributed by atoms with Gasteiger partial charge in [0, 0.05) is 56.8 Å². The molecule has 2 heterocycles. The van der Waals surface area contributed by atoms with Gasteiger partial charge >= 0.3 is 0 Å². The van der Waals surface area contributed by atoms with Gasteiger partial charge in [0.1, 0.15) is 0 Å². The second kappa shape index (κ2) is 5.73. The van der Waals surface area contributed by atoms with Gasteiger partial charge in [0.25, 0.3) is 0 Å². The molecule has 2 aromatic rings. The first-order valence-electron chi connectivity index (χ1n) is 6.36. The van der Waals surface area contributed by atoms with Crippen molar-refractivity contribution in [3.8, 4) is 0 Å². The van der Waals surface area contributed by atoms with Gasteiger partial charge < -0.3 is 4.90 Å². The van der Waals surface area contributed by atoms with Crippen molar-refractivity contribution in [2.75, 3.05) is 7.05 Å². The highest BCUT2D eigenvalue weighted by atomic mass is 16.2. The summed E-state index contributed by atoms with van der Waals surface area (Å²) >= 11 is 0. The molecule has 0 aliphatic carbocycles. The maximum atomic E-state index is 12.0. The van der Waals surface area contributed by atoms with Crippen molar-refractivity contribution in [1.82, 2.24) is 24.5 Å². The lowest BCUT2D eigenvalue weighted by atomic mass is 10.2. The molecule has 0 N–H and O–H groups in total. The number of nitrogens with zero attached hydrogens (tertiary/aromatic N) is 5. The summed E-state index contributed by atoms with van der Waals surface area (Å²) in [5, 5.41) is 8.23. The standard InChI is InChI=1S/C14H19N5O/c1-11-13(8-16-19(11)4)10-17(2)14(20)6-5-12-7-15-18(3)9-12/h5-9H,10H2,1-4H3/b6-5+. The highest BCUT2D eigenvalue weighted by Gasteiger charge is 2.10. The first-order valence-corrected chi connectivity index (χ1v) is 6.36. The summed E-state index contributed by atoms with van der Waals surface area (Å²) in [5.41, 5.74) is 3.03. The molecule has 0 saturated heterocycles. The quantitative estimate of drug-likeness (QED) is 0.785. The summed E-state index contributed by atoms with van der Waals surface area (Å²) < 4.78 is 3.51. The maximum Gasteiger partial charge on any atom is 0.246 e. The smallest absolute Gasteiger partial charge is 0.246 e. The number of aromatic nitrogens is 4. The number of amides is 1. The Morgan fingerprint density at radius 3 is 2.65 bits per heavy atom. The van der Waals surface area contributed by atoms with Gasteiger partial charge in [-0.05, 0) is 13.0 Å². The number of rotatable bonds is 4. The molecular weight excluding hydrogens is 254 g/mol. The van der Waals surface area contributed by atoms with Crippen LogP contribution in [0.1, 0.15) is 16.8 Å². The molecule has 2 aromatic heterocycles. The summed E-state index contributed by atoms with van der Waals surface area (Å²) in [4.78, 5) is 13.7. The lowest BCUT2D eigenvalue weighted by molar-refractivity contribution is -0.125. The molecule has 0 unspecified atom stereocenters. The van der Waals surface area contributed by atoms with Gasteiger partial charge in [-0.2, -0.15) is 10.2 Å². The molecule has 1 amide bonds. The van der Waals surface area contributed by atoms with Crippen molar-refractivity contribution in [2.45, 2.75) is 13.5 Å². The highest BCUT2D eigenvalue weighted by Crippen LogP contribution is 2.09. The molecule has 0 radical (unpaired) electrons. The van der Waals surface area contributed by atoms with E-state index in [2.05, 4.69) is 10.2 Å². The average Bonchev–Trinajstić information content (AvgIpc) is 2.96. The Morgan fingerprint density at radius 2 is 2.10 bits per heavy atom. The number of hydrogen-bond acceptors (Lipinski definition) is 3. The average molecular weight is 273 g/mol. The molecule has 0 aliphatic heterocycles. The van der Waals surface area contributed by atoms with E-state index in [0.29, 0.717) is 6.54 Å². The second-order valence-corrected chi connectivity index (χ2v) is 4.85. The van der Waals surface area contributed by atoms with Crippen LogP contribution < -0.4 is 0 Å². The fourth-order valence-electron chi connectivity index (χ4n) is 1.85. The molecule has 0 bridgehead atoms. The van der Waals surface area contributed by atoms with Crippen molar-refractivity contribution >= 4 is 12.0 Å². The summed E-state index contributed by atoms with van der Waals surface area (Å²) in [6.07, 6.45) is 8.69. The first kappa shape index (κ1) is 14.0. The zero-order valence-electron chi connectivity index (χ0n) is 12.2. The molecule has 20 heavy (non-hydrogen) atoms. The zero-order chi connectivity index (χ0) is 14.7. The fourth-order valence-corrected chi connectivity index (χ4v) is 1.85. The SMILES string of the molecule is Cc1c(CN(C)C(=O)/C=C/c2cnn(C)c2)cnn1C. The molecule has 0 atom stereocenters. The van der Waals surface area contributed by atoms with E-state index in [-0.39, 0.29) is 5.91 Å². The van der Waals surface area contributed by atoms with Gasteiger partial charge in [-0.15, -0.1) is 0 Å². The molecule has 0 saturated carbocycles. The third-order valence-electron chi connectivity index (χ3n) is 3.26. The number of hydrogen-bond donors (Lipinski definition) is 0. The maximum absolute atomic E-state index is 12.0. The van der Waals surface area contributed by atoms with Gasteiger partial charge in [0.15, 0.2) is 0 Å². The Kier molecular flexibility index (Phi) is 4.02. The van der Waals surface area contributed by atoms with Crippen molar-refractivity contribution in [2.24, 2.45) is 14.1 Å². The summed E-state index contributed by atoms with van der Waals surface area (Å²) in [6.45, 7) is 2.54. The topological polar surface area (TPSA) is 56.0 Å². The second-order valence-electron chi connectivity index (χ2n) is 4.85. The van der Waals surface area contributed by atoms with E-state index in [9.17, 15) is 4.79 Å². The lowest BCUT2D eigenvalue weighted by Gasteiger charge is -2.14. The first-order chi connectivity index (χ1) is 9.47. The van der Waals surface area contributed by atoms with Crippen LogP contribution >= 0.6 is 0 Å². The minimum Gasteiger partial charge on any atom is -0.338 e. The molecule has 0 spiro atoms. The normalized spacial score (nSPS) is 11.2. The van der Waals surface area contributed by atoms with E-state index in [1.807, 2.05) is 27.2 Å². The van der Waals surface area contributed by atoms with E-state index < -0.39 is 0 Å². The van der Waals surface area contributed by atoms with Crippen molar-refractivity contribution in [1.29, 1.82) is 0 Å². The molecule has 0 aromatic carbocycles. The minimum atomic E-state index is -0.0443. The predicted molar refractivity (Wildman–Crippen MR) is 76.7 cm³/mol. The Bertz CT molecular complexity index is 638. The predicted octanol–water partition coefficient (Wildman–Crippen LogP) is 1.13. The Balaban J connectivity index is 1.98. The van der Waals surface area contributed by atoms with Crippen LogP contribution in [0.15, 0.2) is 24.7 Å². The Labute approximate surface area is 118 Å². The van der Waals surface area contributed by atoms with Gasteiger partial charge in [-0.3, -0.25) is 14.2 Å². The van der Waals surface area contributed by atoms with Crippen LogP contribution in [0.5, 0.6) is 0 Å². The van der Waals surface area contributed by atoms with Crippen LogP contribution in [0.25, 0.3) is 6.08 Å². The molecule has 0 fully saturated rings. The summed E-state index contributed by atoms with van der Waals surface area (Å²) in [7, 11) is 5.52. The van der Waals surface area contributed by atoms with Crippen LogP contribution in [0.3, 0.4) is 0 Å². The fraction of sp³-hybridized carbons (Fsp3) is 0.357. The van der Waals surface area contributed by atoms with Crippen LogP contribution in [-0.2, 0) is 25.4 Å². The van der Waals surface area contributed by atoms with E-state index in [4.69, 9.17) is 0 Å². The van der Waals surface area contributed by atoms with E-state index >= 15 is 0 Å². The summed E-state index contributed by atoms with van der Waals surface area (Å²) in [5.74, 6) is -0.0443. The van der Waals surface area contributed by atoms with E-state index in [1.165, 1.54) is 0 Å². The Morgan fingerprint density at radius 1 is 1.35 bits per heavy atom. The largest absolute Gasteiger partial charge is 0.338 e. The van der Waals surface area contributed by atoms with Gasteiger partial charge in [-0.1, -0.05) is 0 Å². The number of likely N-dealkylation sites (N-methyl/N-ethyl adjacent to an activating group) is 1. The molecule has 2 rings (SSSR count). The molecule has 106 valence electrons. The Hall–Kier alpha value is -2.37. The monoisotopic (exact) mass is 273 g/mol. The van der Waals surface area contributed by atoms with Gasteiger partial charge in [-0.25, -0.2) is 0 Å². The van der Waals surface area contributed by atoms with Gasteiger partial charge in [0.05, 0.1) is 12.4 Å². The van der Waals surface area contributed by atoms with Crippen molar-refractivity contribution in [3.05, 3.63) is 41.5 Å². The summed E-state index contributed by atoms with van der Waals surface area (Å²) in [6, 6.07) is 0. The highest BCUT2D eigenvalue weighted by molar-refractivity contribution is 5.91. The third-order valence-corrected chi connectivity index (χ3v) is 3.26. The lowest BCUT2D eigenvalue weighted by Crippen LogP contribution is -2.24. The molecular formula is C14H19N5O. The minimum absolute atomic E-state index is 0.0443.